The van der Waals surface area contributed by atoms with Crippen LogP contribution in [0.5, 0.6) is 5.75 Å². The van der Waals surface area contributed by atoms with Gasteiger partial charge in [-0.1, -0.05) is 48.0 Å². The fourth-order valence-corrected chi connectivity index (χ4v) is 3.56. The van der Waals surface area contributed by atoms with Crippen molar-refractivity contribution in [3.05, 3.63) is 81.8 Å². The van der Waals surface area contributed by atoms with Gasteiger partial charge in [0.25, 0.3) is 5.56 Å². The zero-order valence-corrected chi connectivity index (χ0v) is 18.8. The third kappa shape index (κ3) is 5.60. The van der Waals surface area contributed by atoms with Crippen molar-refractivity contribution in [1.82, 2.24) is 9.88 Å². The molecule has 8 nitrogen and oxygen atoms in total. The molecule has 0 saturated heterocycles. The minimum atomic E-state index is -1.09. The summed E-state index contributed by atoms with van der Waals surface area (Å²) in [6.45, 7) is 5.75. The number of rotatable bonds is 7. The van der Waals surface area contributed by atoms with Crippen LogP contribution in [0.4, 0.5) is 10.5 Å². The summed E-state index contributed by atoms with van der Waals surface area (Å²) in [4.78, 5) is 36.7. The Morgan fingerprint density at radius 3 is 2.39 bits per heavy atom. The van der Waals surface area contributed by atoms with E-state index in [0.717, 1.165) is 16.7 Å². The molecule has 0 aliphatic rings. The van der Waals surface area contributed by atoms with E-state index in [-0.39, 0.29) is 17.9 Å². The number of hydrogen-bond acceptors (Lipinski definition) is 4. The minimum Gasteiger partial charge on any atom is -0.505 e. The van der Waals surface area contributed by atoms with Gasteiger partial charge in [-0.15, -0.1) is 0 Å². The number of aryl methyl sites for hydroxylation is 3. The highest BCUT2D eigenvalue weighted by molar-refractivity contribution is 5.91. The Bertz CT molecular complexity index is 1230. The van der Waals surface area contributed by atoms with Crippen LogP contribution in [0.3, 0.4) is 0 Å². The zero-order valence-electron chi connectivity index (χ0n) is 18.8. The van der Waals surface area contributed by atoms with Crippen LogP contribution in [0, 0.1) is 13.8 Å². The number of anilines is 1. The van der Waals surface area contributed by atoms with Crippen molar-refractivity contribution in [2.45, 2.75) is 39.8 Å². The molecule has 0 saturated carbocycles. The molecule has 0 fully saturated rings. The molecule has 0 aliphatic carbocycles. The Morgan fingerprint density at radius 2 is 1.76 bits per heavy atom. The van der Waals surface area contributed by atoms with E-state index >= 15 is 0 Å². The Balaban J connectivity index is 1.88. The van der Waals surface area contributed by atoms with Gasteiger partial charge < -0.3 is 25.4 Å². The highest BCUT2D eigenvalue weighted by Crippen LogP contribution is 2.26. The highest BCUT2D eigenvalue weighted by Gasteiger charge is 2.21. The maximum Gasteiger partial charge on any atom is 0.319 e. The number of carbonyl (C=O) groups is 2. The van der Waals surface area contributed by atoms with Gasteiger partial charge in [0.2, 0.25) is 0 Å². The third-order valence-corrected chi connectivity index (χ3v) is 5.37. The maximum absolute atomic E-state index is 12.7. The number of carboxylic acids is 1. The van der Waals surface area contributed by atoms with Crippen molar-refractivity contribution in [1.29, 1.82) is 0 Å². The zero-order chi connectivity index (χ0) is 24.1. The minimum absolute atomic E-state index is 0.253. The SMILES string of the molecule is CCn1cc(C)c(O)c(NC(=O)N[C@@H](CC(=O)O)c2cccc(-c3ccc(C)cc3)c2)c1=O. The average Bonchev–Trinajstić information content (AvgIpc) is 2.79. The van der Waals surface area contributed by atoms with E-state index in [0.29, 0.717) is 17.7 Å². The van der Waals surface area contributed by atoms with Gasteiger partial charge in [-0.05, 0) is 43.5 Å². The maximum atomic E-state index is 12.7. The molecule has 4 N–H and O–H groups in total. The number of urea groups is 1. The Morgan fingerprint density at radius 1 is 1.06 bits per heavy atom. The van der Waals surface area contributed by atoms with Gasteiger partial charge in [0.05, 0.1) is 12.5 Å². The van der Waals surface area contributed by atoms with Gasteiger partial charge in [0.15, 0.2) is 5.69 Å². The summed E-state index contributed by atoms with van der Waals surface area (Å²) in [5.41, 5.74) is 3.20. The molecule has 1 atom stereocenters. The van der Waals surface area contributed by atoms with Crippen LogP contribution in [-0.2, 0) is 11.3 Å². The quantitative estimate of drug-likeness (QED) is 0.431. The van der Waals surface area contributed by atoms with E-state index in [1.807, 2.05) is 43.3 Å². The molecule has 0 radical (unpaired) electrons. The monoisotopic (exact) mass is 449 g/mol. The second kappa shape index (κ2) is 10.0. The number of nitrogens with one attached hydrogen (secondary N) is 2. The molecular formula is C25H27N3O5. The standard InChI is InChI=1S/C25H27N3O5/c1-4-28-14-16(3)23(31)22(24(28)32)27-25(33)26-20(13-21(29)30)19-7-5-6-18(12-19)17-10-8-15(2)9-11-17/h5-12,14,20,31H,4,13H2,1-3H3,(H,29,30)(H2,26,27,33)/t20-/m0/s1. The fourth-order valence-electron chi connectivity index (χ4n) is 3.56. The van der Waals surface area contributed by atoms with E-state index in [1.165, 1.54) is 10.8 Å². The normalized spacial score (nSPS) is 11.6. The number of hydrogen-bond donors (Lipinski definition) is 4. The molecular weight excluding hydrogens is 422 g/mol. The van der Waals surface area contributed by atoms with Gasteiger partial charge in [-0.2, -0.15) is 0 Å². The number of aromatic nitrogens is 1. The number of carboxylic acid groups (broad SMARTS) is 1. The first-order valence-electron chi connectivity index (χ1n) is 10.6. The van der Waals surface area contributed by atoms with Crippen molar-refractivity contribution in [3.63, 3.8) is 0 Å². The van der Waals surface area contributed by atoms with Gasteiger partial charge >= 0.3 is 12.0 Å². The van der Waals surface area contributed by atoms with Crippen molar-refractivity contribution in [2.75, 3.05) is 5.32 Å². The van der Waals surface area contributed by atoms with E-state index in [4.69, 9.17) is 0 Å². The number of aromatic hydroxyl groups is 1. The van der Waals surface area contributed by atoms with Crippen molar-refractivity contribution in [3.8, 4) is 16.9 Å². The van der Waals surface area contributed by atoms with Crippen LogP contribution < -0.4 is 16.2 Å². The van der Waals surface area contributed by atoms with E-state index in [2.05, 4.69) is 10.6 Å². The van der Waals surface area contributed by atoms with Gasteiger partial charge in [0.1, 0.15) is 5.75 Å². The first-order chi connectivity index (χ1) is 15.7. The van der Waals surface area contributed by atoms with Gasteiger partial charge in [0, 0.05) is 18.3 Å². The largest absolute Gasteiger partial charge is 0.505 e. The smallest absolute Gasteiger partial charge is 0.319 e. The van der Waals surface area contributed by atoms with Crippen LogP contribution in [0.15, 0.2) is 59.5 Å². The van der Waals surface area contributed by atoms with Gasteiger partial charge in [-0.3, -0.25) is 9.59 Å². The van der Waals surface area contributed by atoms with Crippen LogP contribution >= 0.6 is 0 Å². The lowest BCUT2D eigenvalue weighted by Gasteiger charge is -2.19. The van der Waals surface area contributed by atoms with E-state index in [9.17, 15) is 24.6 Å². The second-order valence-electron chi connectivity index (χ2n) is 7.87. The fraction of sp³-hybridized carbons (Fsp3) is 0.240. The molecule has 8 heteroatoms. The van der Waals surface area contributed by atoms with Crippen LogP contribution in [-0.4, -0.2) is 26.8 Å². The van der Waals surface area contributed by atoms with Crippen molar-refractivity contribution in [2.24, 2.45) is 0 Å². The van der Waals surface area contributed by atoms with Crippen molar-refractivity contribution >= 4 is 17.7 Å². The first kappa shape index (κ1) is 23.6. The number of pyridine rings is 1. The molecule has 0 aliphatic heterocycles. The number of aliphatic carboxylic acids is 1. The Kier molecular flexibility index (Phi) is 7.17. The molecule has 0 spiro atoms. The Hall–Kier alpha value is -4.07. The molecule has 33 heavy (non-hydrogen) atoms. The number of benzene rings is 2. The summed E-state index contributed by atoms with van der Waals surface area (Å²) >= 11 is 0. The highest BCUT2D eigenvalue weighted by atomic mass is 16.4. The average molecular weight is 450 g/mol. The summed E-state index contributed by atoms with van der Waals surface area (Å²) in [6, 6.07) is 13.5. The number of nitrogens with zero attached hydrogens (tertiary/aromatic N) is 1. The van der Waals surface area contributed by atoms with Crippen LogP contribution in [0.2, 0.25) is 0 Å². The van der Waals surface area contributed by atoms with Gasteiger partial charge in [-0.25, -0.2) is 4.79 Å². The lowest BCUT2D eigenvalue weighted by atomic mass is 9.97. The number of carbonyl (C=O) groups excluding carboxylic acids is 1. The summed E-state index contributed by atoms with van der Waals surface area (Å²) in [5, 5.41) is 24.7. The molecule has 1 aromatic heterocycles. The predicted octanol–water partition coefficient (Wildman–Crippen LogP) is 4.20. The summed E-state index contributed by atoms with van der Waals surface area (Å²) in [5.74, 6) is -1.41. The summed E-state index contributed by atoms with van der Waals surface area (Å²) < 4.78 is 1.37. The molecule has 172 valence electrons. The van der Waals surface area contributed by atoms with E-state index in [1.54, 1.807) is 26.0 Å². The molecule has 1 heterocycles. The summed E-state index contributed by atoms with van der Waals surface area (Å²) in [6.07, 6.45) is 1.15. The lowest BCUT2D eigenvalue weighted by Crippen LogP contribution is -2.36. The molecule has 2 aromatic carbocycles. The number of amides is 2. The molecule has 0 unspecified atom stereocenters. The van der Waals surface area contributed by atoms with E-state index < -0.39 is 23.6 Å². The topological polar surface area (TPSA) is 121 Å². The van der Waals surface area contributed by atoms with Crippen LogP contribution in [0.25, 0.3) is 11.1 Å². The van der Waals surface area contributed by atoms with Crippen LogP contribution in [0.1, 0.15) is 36.1 Å². The third-order valence-electron chi connectivity index (χ3n) is 5.37. The molecule has 3 aromatic rings. The summed E-state index contributed by atoms with van der Waals surface area (Å²) in [7, 11) is 0. The molecule has 3 rings (SSSR count). The molecule has 2 amide bonds. The Labute approximate surface area is 191 Å². The molecule has 0 bridgehead atoms. The second-order valence-corrected chi connectivity index (χ2v) is 7.87. The lowest BCUT2D eigenvalue weighted by molar-refractivity contribution is -0.137. The first-order valence-corrected chi connectivity index (χ1v) is 10.6. The van der Waals surface area contributed by atoms with Crippen molar-refractivity contribution < 1.29 is 19.8 Å². The predicted molar refractivity (Wildman–Crippen MR) is 127 cm³/mol.